The van der Waals surface area contributed by atoms with E-state index in [1.807, 2.05) is 12.1 Å². The molecule has 1 aliphatic rings. The second-order valence-corrected chi connectivity index (χ2v) is 6.32. The fourth-order valence-electron chi connectivity index (χ4n) is 2.68. The molecular weight excluding hydrogens is 366 g/mol. The maximum atomic E-state index is 13.7. The van der Waals surface area contributed by atoms with E-state index < -0.39 is 0 Å². The molecule has 0 spiro atoms. The Morgan fingerprint density at radius 2 is 1.91 bits per heavy atom. The molecule has 1 N–H and O–H groups in total. The molecular formula is C15H18Cl3FN2S. The zero-order valence-corrected chi connectivity index (χ0v) is 15.0. The molecule has 1 atom stereocenters. The van der Waals surface area contributed by atoms with Gasteiger partial charge in [0.15, 0.2) is 0 Å². The number of hydrogen-bond acceptors (Lipinski definition) is 3. The van der Waals surface area contributed by atoms with Crippen LogP contribution in [0.3, 0.4) is 0 Å². The van der Waals surface area contributed by atoms with Crippen LogP contribution in [0, 0.1) is 5.82 Å². The van der Waals surface area contributed by atoms with E-state index in [0.717, 1.165) is 31.7 Å². The van der Waals surface area contributed by atoms with Gasteiger partial charge in [-0.2, -0.15) is 0 Å². The molecule has 1 aromatic heterocycles. The van der Waals surface area contributed by atoms with E-state index >= 15 is 0 Å². The van der Waals surface area contributed by atoms with Gasteiger partial charge in [0.25, 0.3) is 0 Å². The van der Waals surface area contributed by atoms with Gasteiger partial charge in [-0.1, -0.05) is 17.7 Å². The average molecular weight is 384 g/mol. The van der Waals surface area contributed by atoms with E-state index in [2.05, 4.69) is 21.7 Å². The van der Waals surface area contributed by atoms with E-state index in [1.54, 1.807) is 17.4 Å². The van der Waals surface area contributed by atoms with Gasteiger partial charge < -0.3 is 5.32 Å². The number of thiophene rings is 1. The lowest BCUT2D eigenvalue weighted by atomic mass is 10.0. The first-order valence-corrected chi connectivity index (χ1v) is 7.94. The molecule has 0 aliphatic carbocycles. The van der Waals surface area contributed by atoms with Crippen molar-refractivity contribution in [3.8, 4) is 0 Å². The lowest BCUT2D eigenvalue weighted by molar-refractivity contribution is 0.200. The third kappa shape index (κ3) is 4.57. The van der Waals surface area contributed by atoms with Crippen LogP contribution in [0.25, 0.3) is 0 Å². The molecule has 0 amide bonds. The highest BCUT2D eigenvalue weighted by Gasteiger charge is 2.25. The summed E-state index contributed by atoms with van der Waals surface area (Å²) in [5.41, 5.74) is 0.930. The van der Waals surface area contributed by atoms with Crippen molar-refractivity contribution in [2.24, 2.45) is 0 Å². The number of piperazine rings is 1. The van der Waals surface area contributed by atoms with Gasteiger partial charge in [0.1, 0.15) is 5.82 Å². The van der Waals surface area contributed by atoms with E-state index in [-0.39, 0.29) is 36.7 Å². The fourth-order valence-corrected chi connectivity index (χ4v) is 3.79. The maximum Gasteiger partial charge on any atom is 0.125 e. The molecule has 1 saturated heterocycles. The molecule has 2 nitrogen and oxygen atoms in total. The highest BCUT2D eigenvalue weighted by Crippen LogP contribution is 2.33. The Bertz CT molecular complexity index is 554. The van der Waals surface area contributed by atoms with Crippen molar-refractivity contribution in [1.29, 1.82) is 0 Å². The summed E-state index contributed by atoms with van der Waals surface area (Å²) in [6.07, 6.45) is 0. The summed E-state index contributed by atoms with van der Waals surface area (Å²) >= 11 is 7.73. The Kier molecular flexibility index (Phi) is 8.11. The molecule has 1 aliphatic heterocycles. The number of benzene rings is 1. The monoisotopic (exact) mass is 382 g/mol. The largest absolute Gasteiger partial charge is 0.314 e. The summed E-state index contributed by atoms with van der Waals surface area (Å²) in [4.78, 5) is 3.61. The van der Waals surface area contributed by atoms with Gasteiger partial charge in [-0.05, 0) is 35.2 Å². The standard InChI is InChI=1S/C15H16ClFN2S.2ClH/c16-12-8-11(9-13(17)10-12)15(14-2-1-7-20-14)19-5-3-18-4-6-19;;/h1-2,7-10,15,18H,3-6H2;2*1H/t15-;;/m1../s1. The quantitative estimate of drug-likeness (QED) is 0.846. The van der Waals surface area contributed by atoms with E-state index in [0.29, 0.717) is 5.02 Å². The van der Waals surface area contributed by atoms with Gasteiger partial charge in [-0.15, -0.1) is 36.2 Å². The van der Waals surface area contributed by atoms with Gasteiger partial charge >= 0.3 is 0 Å². The molecule has 0 radical (unpaired) electrons. The van der Waals surface area contributed by atoms with E-state index in [1.165, 1.54) is 10.9 Å². The predicted molar refractivity (Wildman–Crippen MR) is 96.5 cm³/mol. The number of hydrogen-bond donors (Lipinski definition) is 1. The van der Waals surface area contributed by atoms with Crippen molar-refractivity contribution < 1.29 is 4.39 Å². The highest BCUT2D eigenvalue weighted by molar-refractivity contribution is 7.10. The third-order valence-corrected chi connectivity index (χ3v) is 4.67. The van der Waals surface area contributed by atoms with Gasteiger partial charge in [0.05, 0.1) is 6.04 Å². The summed E-state index contributed by atoms with van der Waals surface area (Å²) in [7, 11) is 0. The van der Waals surface area contributed by atoms with Crippen LogP contribution in [-0.2, 0) is 0 Å². The van der Waals surface area contributed by atoms with Gasteiger partial charge in [0.2, 0.25) is 0 Å². The van der Waals surface area contributed by atoms with Crippen LogP contribution < -0.4 is 5.32 Å². The maximum absolute atomic E-state index is 13.7. The van der Waals surface area contributed by atoms with Gasteiger partial charge in [0, 0.05) is 36.1 Å². The Balaban J connectivity index is 0.00000121. The number of nitrogens with one attached hydrogen (secondary N) is 1. The molecule has 1 fully saturated rings. The van der Waals surface area contributed by atoms with Crippen LogP contribution in [0.2, 0.25) is 5.02 Å². The van der Waals surface area contributed by atoms with Crippen molar-refractivity contribution in [3.05, 3.63) is 57.0 Å². The van der Waals surface area contributed by atoms with Crippen molar-refractivity contribution in [2.75, 3.05) is 26.2 Å². The SMILES string of the molecule is Cl.Cl.Fc1cc(Cl)cc([C@H](c2cccs2)N2CCNCC2)c1. The van der Waals surface area contributed by atoms with Crippen molar-refractivity contribution in [1.82, 2.24) is 10.2 Å². The minimum absolute atomic E-state index is 0. The Hall–Kier alpha value is -0.360. The second kappa shape index (κ2) is 9.06. The summed E-state index contributed by atoms with van der Waals surface area (Å²) in [5.74, 6) is -0.274. The minimum atomic E-state index is -0.274. The summed E-state index contributed by atoms with van der Waals surface area (Å²) in [5, 5.41) is 5.87. The van der Waals surface area contributed by atoms with Crippen LogP contribution in [0.15, 0.2) is 35.7 Å². The molecule has 3 rings (SSSR count). The fraction of sp³-hybridized carbons (Fsp3) is 0.333. The molecule has 0 bridgehead atoms. The van der Waals surface area contributed by atoms with Crippen LogP contribution in [-0.4, -0.2) is 31.1 Å². The first-order valence-electron chi connectivity index (χ1n) is 6.68. The van der Waals surface area contributed by atoms with Gasteiger partial charge in [-0.3, -0.25) is 4.90 Å². The lowest BCUT2D eigenvalue weighted by Crippen LogP contribution is -2.45. The van der Waals surface area contributed by atoms with Crippen molar-refractivity contribution >= 4 is 47.8 Å². The van der Waals surface area contributed by atoms with E-state index in [4.69, 9.17) is 11.6 Å². The average Bonchev–Trinajstić information content (AvgIpc) is 2.93. The molecule has 2 aromatic rings. The Labute approximate surface area is 151 Å². The van der Waals surface area contributed by atoms with Gasteiger partial charge in [-0.25, -0.2) is 4.39 Å². The molecule has 0 saturated carbocycles. The van der Waals surface area contributed by atoms with Crippen LogP contribution in [0.5, 0.6) is 0 Å². The third-order valence-electron chi connectivity index (χ3n) is 3.53. The Morgan fingerprint density at radius 3 is 2.50 bits per heavy atom. The molecule has 0 unspecified atom stereocenters. The topological polar surface area (TPSA) is 15.3 Å². The second-order valence-electron chi connectivity index (χ2n) is 4.91. The molecule has 2 heterocycles. The van der Waals surface area contributed by atoms with Crippen molar-refractivity contribution in [2.45, 2.75) is 6.04 Å². The lowest BCUT2D eigenvalue weighted by Gasteiger charge is -2.34. The van der Waals surface area contributed by atoms with Crippen LogP contribution in [0.4, 0.5) is 4.39 Å². The molecule has 122 valence electrons. The number of halogens is 4. The molecule has 1 aromatic carbocycles. The highest BCUT2D eigenvalue weighted by atomic mass is 35.5. The Morgan fingerprint density at radius 1 is 1.18 bits per heavy atom. The smallest absolute Gasteiger partial charge is 0.125 e. The summed E-state index contributed by atoms with van der Waals surface area (Å²) in [6, 6.07) is 9.06. The molecule has 22 heavy (non-hydrogen) atoms. The normalized spacial score (nSPS) is 16.5. The molecule has 7 heteroatoms. The minimum Gasteiger partial charge on any atom is -0.314 e. The zero-order valence-electron chi connectivity index (χ0n) is 11.8. The number of rotatable bonds is 3. The predicted octanol–water partition coefficient (Wildman–Crippen LogP) is 4.38. The van der Waals surface area contributed by atoms with Crippen molar-refractivity contribution in [3.63, 3.8) is 0 Å². The first-order chi connectivity index (χ1) is 9.74. The van der Waals surface area contributed by atoms with Crippen LogP contribution in [0.1, 0.15) is 16.5 Å². The summed E-state index contributed by atoms with van der Waals surface area (Å²) in [6.45, 7) is 3.84. The zero-order chi connectivity index (χ0) is 13.9. The summed E-state index contributed by atoms with van der Waals surface area (Å²) < 4.78 is 13.7. The van der Waals surface area contributed by atoms with E-state index in [9.17, 15) is 4.39 Å². The van der Waals surface area contributed by atoms with Crippen LogP contribution >= 0.6 is 47.8 Å². The first kappa shape index (κ1) is 19.7. The number of nitrogens with zero attached hydrogens (tertiary/aromatic N) is 1.